The van der Waals surface area contributed by atoms with Gasteiger partial charge >= 0.3 is 6.03 Å². The maximum Gasteiger partial charge on any atom is 0.321 e. The molecule has 2 rings (SSSR count). The lowest BCUT2D eigenvalue weighted by atomic mass is 10.1. The second kappa shape index (κ2) is 6.04. The number of rotatable bonds is 3. The van der Waals surface area contributed by atoms with Crippen LogP contribution in [-0.4, -0.2) is 37.2 Å². The van der Waals surface area contributed by atoms with Gasteiger partial charge in [-0.2, -0.15) is 0 Å². The van der Waals surface area contributed by atoms with Crippen LogP contribution in [-0.2, 0) is 4.74 Å². The first-order chi connectivity index (χ1) is 9.10. The molecule has 2 amide bonds. The molecule has 0 saturated carbocycles. The lowest BCUT2D eigenvalue weighted by Crippen LogP contribution is -2.33. The van der Waals surface area contributed by atoms with Gasteiger partial charge in [-0.1, -0.05) is 12.1 Å². The molecule has 2 unspecified atom stereocenters. The summed E-state index contributed by atoms with van der Waals surface area (Å²) in [6, 6.07) is 7.55. The van der Waals surface area contributed by atoms with Crippen molar-refractivity contribution in [3.63, 3.8) is 0 Å². The Labute approximate surface area is 113 Å². The molecule has 1 aliphatic heterocycles. The van der Waals surface area contributed by atoms with Gasteiger partial charge in [-0.15, -0.1) is 0 Å². The third-order valence-electron chi connectivity index (χ3n) is 3.45. The first-order valence-corrected chi connectivity index (χ1v) is 6.54. The zero-order valence-electron chi connectivity index (χ0n) is 11.4. The van der Waals surface area contributed by atoms with Gasteiger partial charge in [-0.25, -0.2) is 4.79 Å². The van der Waals surface area contributed by atoms with E-state index in [1.165, 1.54) is 0 Å². The van der Waals surface area contributed by atoms with Gasteiger partial charge in [0.2, 0.25) is 0 Å². The lowest BCUT2D eigenvalue weighted by Gasteiger charge is -2.17. The number of nitrogens with zero attached hydrogens (tertiary/aromatic N) is 1. The summed E-state index contributed by atoms with van der Waals surface area (Å²) in [5.74, 6) is 0. The predicted octanol–water partition coefficient (Wildman–Crippen LogP) is 1.96. The van der Waals surface area contributed by atoms with Gasteiger partial charge in [0.1, 0.15) is 0 Å². The van der Waals surface area contributed by atoms with Crippen LogP contribution in [0.3, 0.4) is 0 Å². The third-order valence-corrected chi connectivity index (χ3v) is 3.45. The number of benzene rings is 1. The summed E-state index contributed by atoms with van der Waals surface area (Å²) >= 11 is 0. The molecule has 2 atom stereocenters. The predicted molar refractivity (Wildman–Crippen MR) is 75.1 cm³/mol. The minimum absolute atomic E-state index is 0.00537. The van der Waals surface area contributed by atoms with Gasteiger partial charge in [0.25, 0.3) is 0 Å². The Morgan fingerprint density at radius 1 is 1.47 bits per heavy atom. The number of carbonyl (C=O) groups is 1. The Morgan fingerprint density at radius 3 is 2.68 bits per heavy atom. The van der Waals surface area contributed by atoms with Gasteiger partial charge in [-0.05, 0) is 31.0 Å². The number of nitrogens with two attached hydrogens (primary N) is 1. The van der Waals surface area contributed by atoms with E-state index in [1.54, 1.807) is 12.0 Å². The highest BCUT2D eigenvalue weighted by molar-refractivity contribution is 5.89. The molecule has 1 fully saturated rings. The highest BCUT2D eigenvalue weighted by Gasteiger charge is 2.25. The van der Waals surface area contributed by atoms with Crippen LogP contribution in [0.15, 0.2) is 24.3 Å². The van der Waals surface area contributed by atoms with E-state index in [0.717, 1.165) is 24.2 Å². The number of likely N-dealkylation sites (tertiary alicyclic amines) is 1. The quantitative estimate of drug-likeness (QED) is 0.876. The Kier molecular flexibility index (Phi) is 4.39. The van der Waals surface area contributed by atoms with Crippen LogP contribution in [0.1, 0.15) is 24.9 Å². The van der Waals surface area contributed by atoms with Gasteiger partial charge in [0.15, 0.2) is 0 Å². The van der Waals surface area contributed by atoms with E-state index >= 15 is 0 Å². The van der Waals surface area contributed by atoms with Crippen LogP contribution >= 0.6 is 0 Å². The molecule has 1 aliphatic rings. The summed E-state index contributed by atoms with van der Waals surface area (Å²) in [7, 11) is 1.68. The number of anilines is 1. The number of urea groups is 1. The second-order valence-electron chi connectivity index (χ2n) is 4.93. The van der Waals surface area contributed by atoms with E-state index in [0.29, 0.717) is 6.54 Å². The number of methoxy groups -OCH3 is 1. The molecule has 3 N–H and O–H groups in total. The minimum Gasteiger partial charge on any atom is -0.380 e. The molecule has 0 aliphatic carbocycles. The standard InChI is InChI=1S/C14H21N3O2/c1-10(15)11-3-5-12(6-4-11)16-14(18)17-8-7-13(9-17)19-2/h3-6,10,13H,7-9,15H2,1-2H3,(H,16,18). The van der Waals surface area contributed by atoms with Crippen molar-refractivity contribution in [2.45, 2.75) is 25.5 Å². The number of ether oxygens (including phenoxy) is 1. The molecule has 5 heteroatoms. The minimum atomic E-state index is -0.0758. The number of hydrogen-bond acceptors (Lipinski definition) is 3. The van der Waals surface area contributed by atoms with Crippen molar-refractivity contribution in [2.24, 2.45) is 5.73 Å². The monoisotopic (exact) mass is 263 g/mol. The number of nitrogens with one attached hydrogen (secondary N) is 1. The molecule has 0 bridgehead atoms. The second-order valence-corrected chi connectivity index (χ2v) is 4.93. The summed E-state index contributed by atoms with van der Waals surface area (Å²) < 4.78 is 5.25. The summed E-state index contributed by atoms with van der Waals surface area (Å²) in [4.78, 5) is 13.8. The van der Waals surface area contributed by atoms with Crippen molar-refractivity contribution in [1.82, 2.24) is 4.90 Å². The van der Waals surface area contributed by atoms with Gasteiger partial charge in [0.05, 0.1) is 6.10 Å². The molecule has 5 nitrogen and oxygen atoms in total. The van der Waals surface area contributed by atoms with Crippen molar-refractivity contribution in [3.05, 3.63) is 29.8 Å². The van der Waals surface area contributed by atoms with Crippen molar-refractivity contribution in [2.75, 3.05) is 25.5 Å². The van der Waals surface area contributed by atoms with Crippen LogP contribution in [0.5, 0.6) is 0 Å². The van der Waals surface area contributed by atoms with Crippen molar-refractivity contribution < 1.29 is 9.53 Å². The number of hydrogen-bond donors (Lipinski definition) is 2. The zero-order valence-corrected chi connectivity index (χ0v) is 11.4. The van der Waals surface area contributed by atoms with E-state index in [4.69, 9.17) is 10.5 Å². The van der Waals surface area contributed by atoms with Crippen molar-refractivity contribution in [1.29, 1.82) is 0 Å². The fourth-order valence-electron chi connectivity index (χ4n) is 2.18. The number of carbonyl (C=O) groups excluding carboxylic acids is 1. The summed E-state index contributed by atoms with van der Waals surface area (Å²) in [5.41, 5.74) is 7.63. The Morgan fingerprint density at radius 2 is 2.16 bits per heavy atom. The Bertz CT molecular complexity index is 431. The van der Waals surface area contributed by atoms with Crippen LogP contribution in [0, 0.1) is 0 Å². The molecular weight excluding hydrogens is 242 g/mol. The Hall–Kier alpha value is -1.59. The maximum absolute atomic E-state index is 12.0. The normalized spacial score (nSPS) is 20.4. The topological polar surface area (TPSA) is 67.6 Å². The molecule has 1 aromatic rings. The van der Waals surface area contributed by atoms with Crippen LogP contribution in [0.25, 0.3) is 0 Å². The van der Waals surface area contributed by atoms with Crippen LogP contribution < -0.4 is 11.1 Å². The molecule has 0 spiro atoms. The average molecular weight is 263 g/mol. The van der Waals surface area contributed by atoms with E-state index in [2.05, 4.69) is 5.32 Å². The third kappa shape index (κ3) is 3.45. The summed E-state index contributed by atoms with van der Waals surface area (Å²) in [5, 5.41) is 2.89. The Balaban J connectivity index is 1.92. The van der Waals surface area contributed by atoms with Gasteiger partial charge in [0, 0.05) is 31.9 Å². The highest BCUT2D eigenvalue weighted by atomic mass is 16.5. The first kappa shape index (κ1) is 13.8. The van der Waals surface area contributed by atoms with Crippen molar-refractivity contribution in [3.8, 4) is 0 Å². The van der Waals surface area contributed by atoms with Crippen molar-refractivity contribution >= 4 is 11.7 Å². The maximum atomic E-state index is 12.0. The fourth-order valence-corrected chi connectivity index (χ4v) is 2.18. The fraction of sp³-hybridized carbons (Fsp3) is 0.500. The van der Waals surface area contributed by atoms with E-state index in [9.17, 15) is 4.79 Å². The van der Waals surface area contributed by atoms with Gasteiger partial charge in [-0.3, -0.25) is 0 Å². The van der Waals surface area contributed by atoms with Crippen LogP contribution in [0.4, 0.5) is 10.5 Å². The lowest BCUT2D eigenvalue weighted by molar-refractivity contribution is 0.111. The first-order valence-electron chi connectivity index (χ1n) is 6.54. The highest BCUT2D eigenvalue weighted by Crippen LogP contribution is 2.17. The van der Waals surface area contributed by atoms with Gasteiger partial charge < -0.3 is 20.7 Å². The smallest absolute Gasteiger partial charge is 0.321 e. The molecule has 1 heterocycles. The van der Waals surface area contributed by atoms with E-state index in [-0.39, 0.29) is 18.2 Å². The largest absolute Gasteiger partial charge is 0.380 e. The molecular formula is C14H21N3O2. The zero-order chi connectivity index (χ0) is 13.8. The molecule has 1 aromatic carbocycles. The molecule has 0 aromatic heterocycles. The molecule has 1 saturated heterocycles. The average Bonchev–Trinajstić information content (AvgIpc) is 2.88. The molecule has 19 heavy (non-hydrogen) atoms. The van der Waals surface area contributed by atoms with E-state index < -0.39 is 0 Å². The molecule has 0 radical (unpaired) electrons. The van der Waals surface area contributed by atoms with Crippen LogP contribution in [0.2, 0.25) is 0 Å². The summed E-state index contributed by atoms with van der Waals surface area (Å²) in [6.45, 7) is 3.32. The SMILES string of the molecule is COC1CCN(C(=O)Nc2ccc(C(C)N)cc2)C1. The summed E-state index contributed by atoms with van der Waals surface area (Å²) in [6.07, 6.45) is 1.05. The number of amides is 2. The van der Waals surface area contributed by atoms with E-state index in [1.807, 2.05) is 31.2 Å². The molecule has 104 valence electrons.